The largest absolute Gasteiger partial charge is 0.480 e. The van der Waals surface area contributed by atoms with E-state index in [4.69, 9.17) is 4.74 Å². The van der Waals surface area contributed by atoms with Gasteiger partial charge in [0.05, 0.1) is 0 Å². The van der Waals surface area contributed by atoms with Gasteiger partial charge >= 0.3 is 12.1 Å². The molecule has 186 valence electrons. The number of carboxylic acids is 1. The zero-order chi connectivity index (χ0) is 24.8. The van der Waals surface area contributed by atoms with E-state index in [1.54, 1.807) is 11.8 Å². The van der Waals surface area contributed by atoms with Crippen LogP contribution in [0, 0.1) is 11.8 Å². The highest BCUT2D eigenvalue weighted by molar-refractivity contribution is 7.98. The number of ether oxygens (including phenoxy) is 1. The lowest BCUT2D eigenvalue weighted by Crippen LogP contribution is -2.43. The second kappa shape index (κ2) is 11.6. The van der Waals surface area contributed by atoms with E-state index in [2.05, 4.69) is 34.9 Å². The highest BCUT2D eigenvalue weighted by atomic mass is 32.2. The molecule has 7 nitrogen and oxygen atoms in total. The molecule has 0 radical (unpaired) electrons. The molecule has 2 atom stereocenters. The van der Waals surface area contributed by atoms with Gasteiger partial charge < -0.3 is 20.5 Å². The minimum Gasteiger partial charge on any atom is -0.480 e. The molecule has 2 aromatic carbocycles. The third-order valence-electron chi connectivity index (χ3n) is 6.83. The molecule has 3 N–H and O–H groups in total. The van der Waals surface area contributed by atoms with E-state index in [9.17, 15) is 19.5 Å². The van der Waals surface area contributed by atoms with Crippen molar-refractivity contribution in [2.24, 2.45) is 11.8 Å². The van der Waals surface area contributed by atoms with Gasteiger partial charge in [-0.3, -0.25) is 4.79 Å². The van der Waals surface area contributed by atoms with Crippen molar-refractivity contribution in [3.05, 3.63) is 59.7 Å². The number of alkyl carbamates (subject to hydrolysis) is 1. The minimum absolute atomic E-state index is 0.00704. The van der Waals surface area contributed by atoms with Crippen LogP contribution in [0.3, 0.4) is 0 Å². The molecule has 1 saturated carbocycles. The Kier molecular flexibility index (Phi) is 8.33. The lowest BCUT2D eigenvalue weighted by Gasteiger charge is -2.20. The lowest BCUT2D eigenvalue weighted by atomic mass is 9.98. The van der Waals surface area contributed by atoms with Crippen molar-refractivity contribution < 1.29 is 24.2 Å². The Labute approximate surface area is 210 Å². The molecular formula is C27H32N2O5S. The van der Waals surface area contributed by atoms with Crippen LogP contribution in [0.5, 0.6) is 0 Å². The normalized spacial score (nSPS) is 16.0. The van der Waals surface area contributed by atoms with Gasteiger partial charge in [0.15, 0.2) is 0 Å². The van der Waals surface area contributed by atoms with Crippen LogP contribution in [0.2, 0.25) is 0 Å². The summed E-state index contributed by atoms with van der Waals surface area (Å²) in [6.07, 6.45) is 4.00. The smallest absolute Gasteiger partial charge is 0.407 e. The van der Waals surface area contributed by atoms with Crippen LogP contribution in [0.4, 0.5) is 4.79 Å². The first-order chi connectivity index (χ1) is 17.0. The molecule has 2 aliphatic carbocycles. The van der Waals surface area contributed by atoms with Crippen molar-refractivity contribution in [1.29, 1.82) is 0 Å². The molecule has 0 spiro atoms. The molecule has 8 heteroatoms. The summed E-state index contributed by atoms with van der Waals surface area (Å²) in [7, 11) is 0. The fourth-order valence-electron chi connectivity index (χ4n) is 4.82. The third kappa shape index (κ3) is 6.36. The number of carboxylic acid groups (broad SMARTS) is 1. The van der Waals surface area contributed by atoms with E-state index in [1.807, 2.05) is 30.5 Å². The highest BCUT2D eigenvalue weighted by Crippen LogP contribution is 2.44. The number of nitrogens with one attached hydrogen (secondary N) is 2. The van der Waals surface area contributed by atoms with Crippen LogP contribution in [0.1, 0.15) is 42.7 Å². The van der Waals surface area contributed by atoms with Crippen molar-refractivity contribution in [2.75, 3.05) is 25.2 Å². The van der Waals surface area contributed by atoms with Crippen molar-refractivity contribution in [3.8, 4) is 11.1 Å². The molecule has 2 aliphatic rings. The molecule has 35 heavy (non-hydrogen) atoms. The summed E-state index contributed by atoms with van der Waals surface area (Å²) in [5, 5.41) is 14.8. The Bertz CT molecular complexity index is 1030. The summed E-state index contributed by atoms with van der Waals surface area (Å²) >= 11 is 1.54. The number of hydrogen-bond acceptors (Lipinski definition) is 5. The van der Waals surface area contributed by atoms with Gasteiger partial charge in [-0.15, -0.1) is 0 Å². The molecule has 2 amide bonds. The number of thioether (sulfide) groups is 1. The maximum Gasteiger partial charge on any atom is 0.407 e. The molecule has 0 aliphatic heterocycles. The van der Waals surface area contributed by atoms with Crippen molar-refractivity contribution in [2.45, 2.75) is 37.6 Å². The van der Waals surface area contributed by atoms with Gasteiger partial charge in [0.25, 0.3) is 0 Å². The monoisotopic (exact) mass is 496 g/mol. The van der Waals surface area contributed by atoms with Gasteiger partial charge in [-0.1, -0.05) is 48.5 Å². The van der Waals surface area contributed by atoms with Gasteiger partial charge in [0.1, 0.15) is 12.6 Å². The number of carbonyl (C=O) groups is 3. The topological polar surface area (TPSA) is 105 Å². The van der Waals surface area contributed by atoms with Crippen LogP contribution in [0.15, 0.2) is 48.5 Å². The van der Waals surface area contributed by atoms with Crippen LogP contribution in [-0.4, -0.2) is 54.3 Å². The Morgan fingerprint density at radius 3 is 2.26 bits per heavy atom. The molecule has 0 bridgehead atoms. The number of fused-ring (bicyclic) bond motifs is 3. The summed E-state index contributed by atoms with van der Waals surface area (Å²) in [5.74, 6) is -0.328. The summed E-state index contributed by atoms with van der Waals surface area (Å²) in [5.41, 5.74) is 4.66. The third-order valence-corrected chi connectivity index (χ3v) is 7.48. The Balaban J connectivity index is 1.28. The molecule has 1 fully saturated rings. The first kappa shape index (κ1) is 25.1. The fraction of sp³-hybridized carbons (Fsp3) is 0.444. The number of hydrogen-bond donors (Lipinski definition) is 3. The quantitative estimate of drug-likeness (QED) is 0.406. The fourth-order valence-corrected chi connectivity index (χ4v) is 5.29. The minimum atomic E-state index is -1.02. The van der Waals surface area contributed by atoms with Crippen molar-refractivity contribution in [1.82, 2.24) is 10.6 Å². The average Bonchev–Trinajstić information content (AvgIpc) is 3.65. The number of aliphatic carboxylic acids is 1. The summed E-state index contributed by atoms with van der Waals surface area (Å²) in [4.78, 5) is 36.5. The van der Waals surface area contributed by atoms with E-state index >= 15 is 0 Å². The Morgan fingerprint density at radius 2 is 1.69 bits per heavy atom. The Morgan fingerprint density at radius 1 is 1.06 bits per heavy atom. The average molecular weight is 497 g/mol. The van der Waals surface area contributed by atoms with Gasteiger partial charge in [-0.2, -0.15) is 11.8 Å². The maximum atomic E-state index is 12.5. The predicted molar refractivity (Wildman–Crippen MR) is 136 cm³/mol. The van der Waals surface area contributed by atoms with Crippen LogP contribution in [0.25, 0.3) is 11.1 Å². The standard InChI is InChI=1S/C27H32N2O5S/c1-35-13-12-24(26(31)32)29-25(30)14-18(17-10-11-17)15-28-27(33)34-16-23-21-8-4-2-6-19(21)20-7-3-5-9-22(20)23/h2-9,17-18,23-24H,10-16H2,1H3,(H,28,33)(H,29,30)(H,31,32)/t18?,24-/m1/s1. The number of carbonyl (C=O) groups excluding carboxylic acids is 2. The van der Waals surface area contributed by atoms with Gasteiger partial charge in [0, 0.05) is 18.9 Å². The zero-order valence-corrected chi connectivity index (χ0v) is 20.7. The van der Waals surface area contributed by atoms with Gasteiger partial charge in [-0.05, 0) is 65.4 Å². The second-order valence-corrected chi connectivity index (χ2v) is 10.2. The number of rotatable bonds is 12. The number of benzene rings is 2. The van der Waals surface area contributed by atoms with E-state index in [-0.39, 0.29) is 30.8 Å². The maximum absolute atomic E-state index is 12.5. The van der Waals surface area contributed by atoms with Crippen molar-refractivity contribution >= 4 is 29.7 Å². The van der Waals surface area contributed by atoms with E-state index in [0.29, 0.717) is 24.6 Å². The summed E-state index contributed by atoms with van der Waals surface area (Å²) in [6.45, 7) is 0.571. The SMILES string of the molecule is CSCC[C@@H](NC(=O)CC(CNC(=O)OCC1c2ccccc2-c2ccccc21)C1CC1)C(=O)O. The van der Waals surface area contributed by atoms with E-state index in [1.165, 1.54) is 11.1 Å². The Hall–Kier alpha value is -3.00. The van der Waals surface area contributed by atoms with Crippen molar-refractivity contribution in [3.63, 3.8) is 0 Å². The van der Waals surface area contributed by atoms with Crippen LogP contribution in [-0.2, 0) is 14.3 Å². The first-order valence-electron chi connectivity index (χ1n) is 12.1. The molecule has 0 saturated heterocycles. The molecule has 1 unspecified atom stereocenters. The lowest BCUT2D eigenvalue weighted by molar-refractivity contribution is -0.142. The molecule has 0 aromatic heterocycles. The first-order valence-corrected chi connectivity index (χ1v) is 13.5. The molecule has 4 rings (SSSR count). The molecular weight excluding hydrogens is 464 g/mol. The van der Waals surface area contributed by atoms with E-state index in [0.717, 1.165) is 24.0 Å². The summed E-state index contributed by atoms with van der Waals surface area (Å²) < 4.78 is 5.60. The van der Waals surface area contributed by atoms with Gasteiger partial charge in [0.2, 0.25) is 5.91 Å². The second-order valence-electron chi connectivity index (χ2n) is 9.25. The predicted octanol–water partition coefficient (Wildman–Crippen LogP) is 4.26. The zero-order valence-electron chi connectivity index (χ0n) is 19.9. The number of amides is 2. The molecule has 2 aromatic rings. The van der Waals surface area contributed by atoms with Gasteiger partial charge in [-0.25, -0.2) is 9.59 Å². The van der Waals surface area contributed by atoms with E-state index < -0.39 is 18.1 Å². The van der Waals surface area contributed by atoms with Crippen LogP contribution < -0.4 is 10.6 Å². The highest BCUT2D eigenvalue weighted by Gasteiger charge is 2.34. The molecule has 0 heterocycles. The summed E-state index contributed by atoms with van der Waals surface area (Å²) in [6, 6.07) is 15.5. The van der Waals surface area contributed by atoms with Crippen LogP contribution >= 0.6 is 11.8 Å².